The largest absolute Gasteiger partial charge is 0.465 e. The third kappa shape index (κ3) is 5.70. The fraction of sp³-hybridized carbons (Fsp3) is 0.250. The average molecular weight is 504 g/mol. The van der Waals surface area contributed by atoms with Crippen LogP contribution in [0.1, 0.15) is 15.9 Å². The van der Waals surface area contributed by atoms with Gasteiger partial charge in [0.2, 0.25) is 0 Å². The molecule has 1 saturated heterocycles. The first-order valence-corrected chi connectivity index (χ1v) is 12.0. The molecule has 1 fully saturated rings. The van der Waals surface area contributed by atoms with Gasteiger partial charge < -0.3 is 15.0 Å². The van der Waals surface area contributed by atoms with E-state index in [1.165, 1.54) is 24.5 Å². The summed E-state index contributed by atoms with van der Waals surface area (Å²) in [6, 6.07) is 16.6. The maximum absolute atomic E-state index is 13.4. The molecule has 3 aromatic rings. The number of nitrogens with zero attached hydrogens (tertiary/aromatic N) is 2. The Balaban J connectivity index is 1.40. The van der Waals surface area contributed by atoms with Gasteiger partial charge in [-0.25, -0.2) is 9.18 Å². The number of thiocarbonyl (C=S) groups is 1. The number of hydrogen-bond donors (Lipinski definition) is 1. The van der Waals surface area contributed by atoms with Crippen LogP contribution in [0.5, 0.6) is 0 Å². The van der Waals surface area contributed by atoms with Crippen LogP contribution in [0.3, 0.4) is 0 Å². The summed E-state index contributed by atoms with van der Waals surface area (Å²) in [6.45, 7) is 3.79. The number of benzene rings is 2. The topological polar surface area (TPSA) is 44.8 Å². The number of anilines is 1. The van der Waals surface area contributed by atoms with Crippen molar-refractivity contribution in [2.45, 2.75) is 6.54 Å². The zero-order valence-electron chi connectivity index (χ0n) is 18.0. The zero-order chi connectivity index (χ0) is 23.4. The van der Waals surface area contributed by atoms with Gasteiger partial charge in [-0.2, -0.15) is 0 Å². The van der Waals surface area contributed by atoms with E-state index in [0.717, 1.165) is 42.2 Å². The van der Waals surface area contributed by atoms with E-state index in [2.05, 4.69) is 15.1 Å². The smallest absolute Gasteiger partial charge is 0.340 e. The monoisotopic (exact) mass is 503 g/mol. The molecule has 0 unspecified atom stereocenters. The van der Waals surface area contributed by atoms with Gasteiger partial charge in [0.1, 0.15) is 10.8 Å². The van der Waals surface area contributed by atoms with Crippen molar-refractivity contribution >= 4 is 51.2 Å². The minimum Gasteiger partial charge on any atom is -0.465 e. The van der Waals surface area contributed by atoms with Crippen LogP contribution in [-0.2, 0) is 11.3 Å². The van der Waals surface area contributed by atoms with Gasteiger partial charge in [0.15, 0.2) is 5.11 Å². The van der Waals surface area contributed by atoms with Crippen molar-refractivity contribution in [2.75, 3.05) is 38.6 Å². The van der Waals surface area contributed by atoms with Crippen LogP contribution >= 0.6 is 35.2 Å². The summed E-state index contributed by atoms with van der Waals surface area (Å²) in [7, 11) is 1.37. The molecule has 1 aromatic heterocycles. The van der Waals surface area contributed by atoms with Gasteiger partial charge in [0.05, 0.1) is 17.7 Å². The number of piperazine rings is 1. The lowest BCUT2D eigenvalue weighted by molar-refractivity contribution is 0.0602. The van der Waals surface area contributed by atoms with Crippen molar-refractivity contribution in [1.82, 2.24) is 9.80 Å². The molecule has 0 saturated carbocycles. The van der Waals surface area contributed by atoms with E-state index in [0.29, 0.717) is 22.2 Å². The first kappa shape index (κ1) is 23.6. The van der Waals surface area contributed by atoms with E-state index in [-0.39, 0.29) is 5.02 Å². The summed E-state index contributed by atoms with van der Waals surface area (Å²) in [5.41, 5.74) is 2.47. The minimum absolute atomic E-state index is 0.142. The number of methoxy groups -OCH3 is 1. The Morgan fingerprint density at radius 2 is 1.88 bits per heavy atom. The van der Waals surface area contributed by atoms with Crippen LogP contribution in [0, 0.1) is 5.82 Å². The number of esters is 1. The second kappa shape index (κ2) is 10.6. The van der Waals surface area contributed by atoms with Crippen LogP contribution in [0.15, 0.2) is 54.6 Å². The van der Waals surface area contributed by atoms with Gasteiger partial charge in [-0.3, -0.25) is 4.90 Å². The van der Waals surface area contributed by atoms with E-state index in [1.807, 2.05) is 36.4 Å². The molecule has 1 aliphatic heterocycles. The fourth-order valence-electron chi connectivity index (χ4n) is 3.67. The third-order valence-electron chi connectivity index (χ3n) is 5.47. The van der Waals surface area contributed by atoms with Crippen LogP contribution in [0.2, 0.25) is 5.02 Å². The fourth-order valence-corrected chi connectivity index (χ4v) is 5.27. The van der Waals surface area contributed by atoms with Crippen LogP contribution in [-0.4, -0.2) is 54.2 Å². The van der Waals surface area contributed by atoms with Crippen LogP contribution in [0.4, 0.5) is 9.39 Å². The molecule has 4 rings (SSSR count). The molecule has 0 amide bonds. The van der Waals surface area contributed by atoms with Crippen molar-refractivity contribution < 1.29 is 13.9 Å². The Kier molecular flexibility index (Phi) is 7.60. The number of carbonyl (C=O) groups is 1. The normalized spacial score (nSPS) is 14.2. The highest BCUT2D eigenvalue weighted by Gasteiger charge is 2.23. The molecule has 0 radical (unpaired) electrons. The van der Waals surface area contributed by atoms with Gasteiger partial charge in [0.25, 0.3) is 0 Å². The van der Waals surface area contributed by atoms with Gasteiger partial charge in [-0.05, 0) is 41.5 Å². The maximum atomic E-state index is 13.4. The van der Waals surface area contributed by atoms with E-state index in [9.17, 15) is 9.18 Å². The number of halogens is 2. The lowest BCUT2D eigenvalue weighted by atomic mass is 10.1. The van der Waals surface area contributed by atoms with Crippen LogP contribution < -0.4 is 5.32 Å². The number of hydrogen-bond acceptors (Lipinski definition) is 5. The number of ether oxygens (including phenoxy) is 1. The summed E-state index contributed by atoms with van der Waals surface area (Å²) in [5.74, 6) is -0.807. The second-order valence-corrected chi connectivity index (χ2v) is 9.50. The Hall–Kier alpha value is -2.52. The molecule has 0 spiro atoms. The minimum atomic E-state index is -0.406. The van der Waals surface area contributed by atoms with Crippen molar-refractivity contribution in [3.8, 4) is 10.4 Å². The van der Waals surface area contributed by atoms with Crippen molar-refractivity contribution in [2.24, 2.45) is 0 Å². The molecule has 0 bridgehead atoms. The molecule has 0 aliphatic carbocycles. The predicted molar refractivity (Wildman–Crippen MR) is 136 cm³/mol. The molecule has 2 aromatic carbocycles. The average Bonchev–Trinajstić information content (AvgIpc) is 3.25. The van der Waals surface area contributed by atoms with Crippen molar-refractivity contribution in [3.63, 3.8) is 0 Å². The third-order valence-corrected chi connectivity index (χ3v) is 7.22. The Labute approximate surface area is 206 Å². The molecule has 172 valence electrons. The van der Waals surface area contributed by atoms with Crippen LogP contribution in [0.25, 0.3) is 10.4 Å². The number of carbonyl (C=O) groups excluding carboxylic acids is 1. The van der Waals surface area contributed by atoms with Gasteiger partial charge in [0, 0.05) is 37.6 Å². The Bertz CT molecular complexity index is 1150. The Morgan fingerprint density at radius 3 is 2.55 bits per heavy atom. The van der Waals surface area contributed by atoms with E-state index in [4.69, 9.17) is 28.6 Å². The molecular weight excluding hydrogens is 481 g/mol. The summed E-state index contributed by atoms with van der Waals surface area (Å²) in [4.78, 5) is 17.7. The first-order chi connectivity index (χ1) is 15.9. The summed E-state index contributed by atoms with van der Waals surface area (Å²) < 4.78 is 18.4. The maximum Gasteiger partial charge on any atom is 0.340 e. The summed E-state index contributed by atoms with van der Waals surface area (Å²) >= 11 is 13.0. The zero-order valence-corrected chi connectivity index (χ0v) is 20.4. The SMILES string of the molecule is COC(=O)c1cc(-c2ccccc2)sc1NC(=S)N1CCN(Cc2ccc(F)c(Cl)c2)CC1. The molecule has 5 nitrogen and oxygen atoms in total. The second-order valence-electron chi connectivity index (χ2n) is 7.65. The van der Waals surface area contributed by atoms with Gasteiger partial charge >= 0.3 is 5.97 Å². The first-order valence-electron chi connectivity index (χ1n) is 10.4. The lowest BCUT2D eigenvalue weighted by Gasteiger charge is -2.36. The van der Waals surface area contributed by atoms with Gasteiger partial charge in [-0.1, -0.05) is 48.0 Å². The standard InChI is InChI=1S/C24H23ClFN3O2S2/c1-31-23(30)18-14-21(17-5-3-2-4-6-17)33-22(18)27-24(32)29-11-9-28(10-12-29)15-16-7-8-20(26)19(25)13-16/h2-8,13-14H,9-12,15H2,1H3,(H,27,32). The summed E-state index contributed by atoms with van der Waals surface area (Å²) in [5, 5.41) is 4.65. The predicted octanol–water partition coefficient (Wildman–Crippen LogP) is 5.51. The highest BCUT2D eigenvalue weighted by molar-refractivity contribution is 7.80. The molecule has 9 heteroatoms. The highest BCUT2D eigenvalue weighted by Crippen LogP contribution is 2.36. The van der Waals surface area contributed by atoms with Crippen molar-refractivity contribution in [1.29, 1.82) is 0 Å². The number of thiophene rings is 1. The van der Waals surface area contributed by atoms with Crippen molar-refractivity contribution in [3.05, 3.63) is 76.6 Å². The molecule has 0 atom stereocenters. The highest BCUT2D eigenvalue weighted by atomic mass is 35.5. The summed E-state index contributed by atoms with van der Waals surface area (Å²) in [6.07, 6.45) is 0. The van der Waals surface area contributed by atoms with E-state index in [1.54, 1.807) is 12.1 Å². The van der Waals surface area contributed by atoms with Gasteiger partial charge in [-0.15, -0.1) is 11.3 Å². The lowest BCUT2D eigenvalue weighted by Crippen LogP contribution is -2.49. The van der Waals surface area contributed by atoms with E-state index < -0.39 is 11.8 Å². The quantitative estimate of drug-likeness (QED) is 0.366. The number of rotatable bonds is 5. The van der Waals surface area contributed by atoms with E-state index >= 15 is 0 Å². The molecule has 2 heterocycles. The Morgan fingerprint density at radius 1 is 1.15 bits per heavy atom. The molecular formula is C24H23ClFN3O2S2. The molecule has 1 aliphatic rings. The molecule has 33 heavy (non-hydrogen) atoms. The molecule has 1 N–H and O–H groups in total. The number of nitrogens with one attached hydrogen (secondary N) is 1.